The van der Waals surface area contributed by atoms with Crippen LogP contribution in [0.25, 0.3) is 0 Å². The number of rotatable bonds is 7. The predicted octanol–water partition coefficient (Wildman–Crippen LogP) is 5.08. The molecule has 0 unspecified atom stereocenters. The molecule has 1 aliphatic rings. The van der Waals surface area contributed by atoms with Gasteiger partial charge in [-0.2, -0.15) is 10.2 Å². The van der Waals surface area contributed by atoms with Crippen LogP contribution < -0.4 is 10.7 Å². The molecule has 34 heavy (non-hydrogen) atoms. The topological polar surface area (TPSA) is 102 Å². The minimum atomic E-state index is -0.456. The number of nitrogens with one attached hydrogen (secondary N) is 2. The summed E-state index contributed by atoms with van der Waals surface area (Å²) in [5, 5.41) is 12.2. The summed E-state index contributed by atoms with van der Waals surface area (Å²) in [6, 6.07) is 10.8. The fourth-order valence-corrected chi connectivity index (χ4v) is 4.21. The number of hydrazone groups is 1. The van der Waals surface area contributed by atoms with E-state index in [0.29, 0.717) is 23.0 Å². The molecule has 2 heterocycles. The SMILES string of the molecule is CC(=NNC(=O)c1ccc(Cn2nc(C)c(Cl)c2C)o1)c1cccc(NC(=O)C2CCCC2)c1. The second kappa shape index (κ2) is 10.3. The van der Waals surface area contributed by atoms with E-state index < -0.39 is 5.91 Å². The van der Waals surface area contributed by atoms with E-state index in [2.05, 4.69) is 20.9 Å². The normalized spacial score (nSPS) is 14.4. The van der Waals surface area contributed by atoms with Crippen molar-refractivity contribution in [2.24, 2.45) is 11.0 Å². The second-order valence-electron chi connectivity index (χ2n) is 8.60. The Balaban J connectivity index is 1.37. The Morgan fingerprint density at radius 2 is 1.97 bits per heavy atom. The molecule has 1 saturated carbocycles. The van der Waals surface area contributed by atoms with Crippen molar-refractivity contribution in [1.82, 2.24) is 15.2 Å². The molecule has 1 aromatic carbocycles. The fourth-order valence-electron chi connectivity index (χ4n) is 4.07. The van der Waals surface area contributed by atoms with Crippen LogP contribution in [0.4, 0.5) is 5.69 Å². The van der Waals surface area contributed by atoms with Gasteiger partial charge in [-0.3, -0.25) is 14.3 Å². The van der Waals surface area contributed by atoms with Gasteiger partial charge >= 0.3 is 5.91 Å². The van der Waals surface area contributed by atoms with Crippen molar-refractivity contribution < 1.29 is 14.0 Å². The molecule has 178 valence electrons. The van der Waals surface area contributed by atoms with E-state index in [0.717, 1.165) is 48.3 Å². The highest BCUT2D eigenvalue weighted by atomic mass is 35.5. The molecule has 0 aliphatic heterocycles. The van der Waals surface area contributed by atoms with Crippen molar-refractivity contribution in [1.29, 1.82) is 0 Å². The highest BCUT2D eigenvalue weighted by Gasteiger charge is 2.22. The van der Waals surface area contributed by atoms with E-state index in [1.54, 1.807) is 23.7 Å². The third-order valence-corrected chi connectivity index (χ3v) is 6.63. The highest BCUT2D eigenvalue weighted by molar-refractivity contribution is 6.31. The van der Waals surface area contributed by atoms with Gasteiger partial charge in [0.15, 0.2) is 5.76 Å². The molecule has 1 fully saturated rings. The van der Waals surface area contributed by atoms with Gasteiger partial charge in [0.2, 0.25) is 5.91 Å². The van der Waals surface area contributed by atoms with Crippen molar-refractivity contribution in [3.8, 4) is 0 Å². The number of anilines is 1. The van der Waals surface area contributed by atoms with Gasteiger partial charge in [-0.05, 0) is 63.4 Å². The molecule has 3 aromatic rings. The Hall–Kier alpha value is -3.39. The number of furan rings is 1. The van der Waals surface area contributed by atoms with Crippen LogP contribution in [0.3, 0.4) is 0 Å². The smallest absolute Gasteiger partial charge is 0.307 e. The lowest BCUT2D eigenvalue weighted by atomic mass is 10.1. The molecule has 0 radical (unpaired) electrons. The van der Waals surface area contributed by atoms with Gasteiger partial charge < -0.3 is 9.73 Å². The molecule has 0 saturated heterocycles. The van der Waals surface area contributed by atoms with Crippen molar-refractivity contribution in [2.45, 2.75) is 53.0 Å². The van der Waals surface area contributed by atoms with E-state index in [-0.39, 0.29) is 17.6 Å². The van der Waals surface area contributed by atoms with E-state index in [9.17, 15) is 9.59 Å². The number of nitrogens with zero attached hydrogens (tertiary/aromatic N) is 3. The van der Waals surface area contributed by atoms with Gasteiger partial charge in [-0.1, -0.05) is 36.6 Å². The Morgan fingerprint density at radius 3 is 2.68 bits per heavy atom. The molecule has 1 aliphatic carbocycles. The van der Waals surface area contributed by atoms with Gasteiger partial charge in [0.1, 0.15) is 5.76 Å². The van der Waals surface area contributed by atoms with Crippen LogP contribution in [0.5, 0.6) is 0 Å². The zero-order valence-electron chi connectivity index (χ0n) is 19.5. The Labute approximate surface area is 203 Å². The first-order valence-corrected chi connectivity index (χ1v) is 11.7. The van der Waals surface area contributed by atoms with E-state index in [1.165, 1.54) is 0 Å². The summed E-state index contributed by atoms with van der Waals surface area (Å²) >= 11 is 6.19. The van der Waals surface area contributed by atoms with Crippen molar-refractivity contribution in [3.63, 3.8) is 0 Å². The zero-order valence-corrected chi connectivity index (χ0v) is 20.3. The summed E-state index contributed by atoms with van der Waals surface area (Å²) in [7, 11) is 0. The number of aromatic nitrogens is 2. The number of hydrogen-bond acceptors (Lipinski definition) is 5. The minimum Gasteiger partial charge on any atom is -0.454 e. The lowest BCUT2D eigenvalue weighted by Gasteiger charge is -2.11. The second-order valence-corrected chi connectivity index (χ2v) is 8.98. The van der Waals surface area contributed by atoms with Crippen LogP contribution in [0.15, 0.2) is 45.9 Å². The van der Waals surface area contributed by atoms with Gasteiger partial charge in [-0.25, -0.2) is 5.43 Å². The monoisotopic (exact) mass is 481 g/mol. The summed E-state index contributed by atoms with van der Waals surface area (Å²) in [6.07, 6.45) is 4.11. The number of hydrogen-bond donors (Lipinski definition) is 2. The summed E-state index contributed by atoms with van der Waals surface area (Å²) in [6.45, 7) is 5.88. The highest BCUT2D eigenvalue weighted by Crippen LogP contribution is 2.26. The van der Waals surface area contributed by atoms with Gasteiger partial charge in [0, 0.05) is 11.6 Å². The third kappa shape index (κ3) is 5.39. The Kier molecular flexibility index (Phi) is 7.17. The van der Waals surface area contributed by atoms with Crippen molar-refractivity contribution in [3.05, 3.63) is 69.9 Å². The summed E-state index contributed by atoms with van der Waals surface area (Å²) in [4.78, 5) is 24.9. The Morgan fingerprint density at radius 1 is 1.21 bits per heavy atom. The number of carbonyl (C=O) groups is 2. The number of halogens is 1. The molecule has 0 spiro atoms. The van der Waals surface area contributed by atoms with Crippen LogP contribution in [0.2, 0.25) is 5.02 Å². The molecule has 0 atom stereocenters. The zero-order chi connectivity index (χ0) is 24.2. The molecule has 2 N–H and O–H groups in total. The molecular weight excluding hydrogens is 454 g/mol. The first kappa shape index (κ1) is 23.8. The van der Waals surface area contributed by atoms with Gasteiger partial charge in [0.05, 0.1) is 28.7 Å². The molecule has 8 nitrogen and oxygen atoms in total. The van der Waals surface area contributed by atoms with E-state index in [1.807, 2.05) is 38.1 Å². The first-order valence-electron chi connectivity index (χ1n) is 11.4. The molecule has 2 amide bonds. The summed E-state index contributed by atoms with van der Waals surface area (Å²) in [5.41, 5.74) is 6.23. The molecule has 0 bridgehead atoms. The van der Waals surface area contributed by atoms with Crippen molar-refractivity contribution >= 4 is 34.8 Å². The van der Waals surface area contributed by atoms with Crippen LogP contribution in [0, 0.1) is 19.8 Å². The molecule has 2 aromatic heterocycles. The average molecular weight is 482 g/mol. The van der Waals surface area contributed by atoms with E-state index >= 15 is 0 Å². The van der Waals surface area contributed by atoms with Crippen LogP contribution in [-0.4, -0.2) is 27.3 Å². The fraction of sp³-hybridized carbons (Fsp3) is 0.360. The summed E-state index contributed by atoms with van der Waals surface area (Å²) < 4.78 is 7.41. The average Bonchev–Trinajstić information content (AvgIpc) is 3.57. The molecular formula is C25H28ClN5O3. The molecule has 9 heteroatoms. The lowest BCUT2D eigenvalue weighted by molar-refractivity contribution is -0.119. The quantitative estimate of drug-likeness (QED) is 0.363. The number of carbonyl (C=O) groups excluding carboxylic acids is 2. The number of benzene rings is 1. The maximum absolute atomic E-state index is 12.5. The Bertz CT molecular complexity index is 1240. The maximum Gasteiger partial charge on any atom is 0.307 e. The molecule has 4 rings (SSSR count). The maximum atomic E-state index is 12.5. The first-order chi connectivity index (χ1) is 16.3. The minimum absolute atomic E-state index is 0.0638. The van der Waals surface area contributed by atoms with Gasteiger partial charge in [0.25, 0.3) is 0 Å². The number of aryl methyl sites for hydroxylation is 1. The standard InChI is InChI=1S/C25H28ClN5O3/c1-15(19-9-6-10-20(13-19)27-24(32)18-7-4-5-8-18)28-29-25(33)22-12-11-21(34-22)14-31-17(3)23(26)16(2)30-31/h6,9-13,18H,4-5,7-8,14H2,1-3H3,(H,27,32)(H,29,33). The van der Waals surface area contributed by atoms with E-state index in [4.69, 9.17) is 16.0 Å². The van der Waals surface area contributed by atoms with Crippen LogP contribution in [0.1, 0.15) is 65.9 Å². The van der Waals surface area contributed by atoms with Crippen molar-refractivity contribution in [2.75, 3.05) is 5.32 Å². The van der Waals surface area contributed by atoms with Crippen LogP contribution >= 0.6 is 11.6 Å². The lowest BCUT2D eigenvalue weighted by Crippen LogP contribution is -2.20. The van der Waals surface area contributed by atoms with Crippen LogP contribution in [-0.2, 0) is 11.3 Å². The predicted molar refractivity (Wildman–Crippen MR) is 131 cm³/mol. The third-order valence-electron chi connectivity index (χ3n) is 6.08. The van der Waals surface area contributed by atoms with Gasteiger partial charge in [-0.15, -0.1) is 0 Å². The largest absolute Gasteiger partial charge is 0.454 e. The summed E-state index contributed by atoms with van der Waals surface area (Å²) in [5.74, 6) is 0.432. The number of amides is 2.